The molecule has 1 fully saturated rings. The molecule has 150 valence electrons. The molecule has 0 aliphatic carbocycles. The van der Waals surface area contributed by atoms with Crippen molar-refractivity contribution < 1.29 is 19.1 Å². The number of nitrogens with zero attached hydrogens (tertiary/aromatic N) is 2. The van der Waals surface area contributed by atoms with E-state index in [1.165, 1.54) is 11.8 Å². The van der Waals surface area contributed by atoms with Crippen LogP contribution in [0.15, 0.2) is 40.5 Å². The van der Waals surface area contributed by atoms with Gasteiger partial charge in [0, 0.05) is 0 Å². The molecule has 1 amide bonds. The number of methoxy groups -OCH3 is 1. The van der Waals surface area contributed by atoms with Gasteiger partial charge in [-0.2, -0.15) is 0 Å². The molecule has 0 spiro atoms. The van der Waals surface area contributed by atoms with Crippen molar-refractivity contribution in [2.75, 3.05) is 13.7 Å². The normalized spacial score (nSPS) is 21.7. The second-order valence-electron chi connectivity index (χ2n) is 7.28. The Labute approximate surface area is 170 Å². The molecule has 6 nitrogen and oxygen atoms in total. The SMILES string of the molecule is CCC1SC2=NC(C)=C(C(=O)OCC(C)C)C(c3ccc(OC)cc3)N2C1=O. The summed E-state index contributed by atoms with van der Waals surface area (Å²) >= 11 is 1.46. The van der Waals surface area contributed by atoms with Gasteiger partial charge in [0.25, 0.3) is 0 Å². The van der Waals surface area contributed by atoms with Gasteiger partial charge in [0.15, 0.2) is 5.17 Å². The summed E-state index contributed by atoms with van der Waals surface area (Å²) in [6.45, 7) is 8.08. The molecule has 0 radical (unpaired) electrons. The zero-order valence-corrected chi connectivity index (χ0v) is 17.7. The lowest BCUT2D eigenvalue weighted by Crippen LogP contribution is -2.40. The van der Waals surface area contributed by atoms with Crippen LogP contribution < -0.4 is 4.74 Å². The number of esters is 1. The number of carbonyl (C=O) groups is 2. The topological polar surface area (TPSA) is 68.2 Å². The average Bonchev–Trinajstić information content (AvgIpc) is 3.00. The van der Waals surface area contributed by atoms with Crippen LogP contribution in [0.4, 0.5) is 0 Å². The van der Waals surface area contributed by atoms with Crippen molar-refractivity contribution in [3.05, 3.63) is 41.1 Å². The summed E-state index contributed by atoms with van der Waals surface area (Å²) in [5.41, 5.74) is 1.84. The Bertz CT molecular complexity index is 829. The predicted molar refractivity (Wildman–Crippen MR) is 110 cm³/mol. The van der Waals surface area contributed by atoms with Crippen molar-refractivity contribution in [1.82, 2.24) is 4.90 Å². The Morgan fingerprint density at radius 3 is 2.54 bits per heavy atom. The average molecular weight is 403 g/mol. The lowest BCUT2D eigenvalue weighted by atomic mass is 9.94. The van der Waals surface area contributed by atoms with E-state index >= 15 is 0 Å². The van der Waals surface area contributed by atoms with E-state index in [-0.39, 0.29) is 17.1 Å². The first-order valence-electron chi connectivity index (χ1n) is 9.47. The minimum atomic E-state index is -0.547. The van der Waals surface area contributed by atoms with E-state index in [1.54, 1.807) is 18.9 Å². The predicted octanol–water partition coefficient (Wildman–Crippen LogP) is 3.93. The van der Waals surface area contributed by atoms with Crippen molar-refractivity contribution in [3.63, 3.8) is 0 Å². The molecule has 2 aliphatic heterocycles. The number of amides is 1. The maximum absolute atomic E-state index is 13.0. The van der Waals surface area contributed by atoms with Crippen LogP contribution in [0, 0.1) is 5.92 Å². The zero-order valence-electron chi connectivity index (χ0n) is 16.9. The Kier molecular flexibility index (Phi) is 6.13. The summed E-state index contributed by atoms with van der Waals surface area (Å²) in [6, 6.07) is 6.88. The van der Waals surface area contributed by atoms with Crippen LogP contribution >= 0.6 is 11.8 Å². The molecule has 2 heterocycles. The number of benzene rings is 1. The molecule has 3 rings (SSSR count). The summed E-state index contributed by atoms with van der Waals surface area (Å²) in [6.07, 6.45) is 0.709. The van der Waals surface area contributed by atoms with Gasteiger partial charge < -0.3 is 9.47 Å². The van der Waals surface area contributed by atoms with Gasteiger partial charge in [0.05, 0.1) is 36.3 Å². The smallest absolute Gasteiger partial charge is 0.338 e. The highest BCUT2D eigenvalue weighted by Crippen LogP contribution is 2.44. The summed E-state index contributed by atoms with van der Waals surface area (Å²) in [4.78, 5) is 32.2. The third-order valence-corrected chi connectivity index (χ3v) is 6.04. The third-order valence-electron chi connectivity index (χ3n) is 4.72. The number of aliphatic imine (C=N–C) groups is 1. The van der Waals surface area contributed by atoms with Crippen molar-refractivity contribution in [2.45, 2.75) is 45.4 Å². The van der Waals surface area contributed by atoms with Crippen LogP contribution in [-0.4, -0.2) is 40.9 Å². The Hall–Kier alpha value is -2.28. The van der Waals surface area contributed by atoms with Gasteiger partial charge in [-0.15, -0.1) is 0 Å². The van der Waals surface area contributed by atoms with E-state index in [1.807, 2.05) is 45.0 Å². The highest BCUT2D eigenvalue weighted by Gasteiger charge is 2.47. The molecule has 0 bridgehead atoms. The number of fused-ring (bicyclic) bond motifs is 1. The van der Waals surface area contributed by atoms with Gasteiger partial charge in [0.2, 0.25) is 5.91 Å². The molecular formula is C21H26N2O4S. The van der Waals surface area contributed by atoms with E-state index < -0.39 is 12.0 Å². The fourth-order valence-electron chi connectivity index (χ4n) is 3.27. The number of allylic oxidation sites excluding steroid dienone is 1. The van der Waals surface area contributed by atoms with Crippen molar-refractivity contribution in [1.29, 1.82) is 0 Å². The number of carbonyl (C=O) groups excluding carboxylic acids is 2. The van der Waals surface area contributed by atoms with Crippen LogP contribution in [0.25, 0.3) is 0 Å². The monoisotopic (exact) mass is 402 g/mol. The van der Waals surface area contributed by atoms with Gasteiger partial charge in [-0.3, -0.25) is 9.69 Å². The molecular weight excluding hydrogens is 376 g/mol. The van der Waals surface area contributed by atoms with Crippen LogP contribution in [0.2, 0.25) is 0 Å². The molecule has 0 N–H and O–H groups in total. The number of amidine groups is 1. The Morgan fingerprint density at radius 1 is 1.29 bits per heavy atom. The number of hydrogen-bond donors (Lipinski definition) is 0. The summed E-state index contributed by atoms with van der Waals surface area (Å²) in [5.74, 6) is 0.494. The maximum atomic E-state index is 13.0. The Morgan fingerprint density at radius 2 is 1.96 bits per heavy atom. The van der Waals surface area contributed by atoms with Gasteiger partial charge in [-0.1, -0.05) is 44.7 Å². The van der Waals surface area contributed by atoms with E-state index in [9.17, 15) is 9.59 Å². The largest absolute Gasteiger partial charge is 0.497 e. The summed E-state index contributed by atoms with van der Waals surface area (Å²) in [7, 11) is 1.60. The van der Waals surface area contributed by atoms with Gasteiger partial charge >= 0.3 is 5.97 Å². The molecule has 0 saturated carbocycles. The second kappa shape index (κ2) is 8.39. The molecule has 0 aromatic heterocycles. The fraction of sp³-hybridized carbons (Fsp3) is 0.476. The maximum Gasteiger partial charge on any atom is 0.338 e. The van der Waals surface area contributed by atoms with Crippen molar-refractivity contribution in [2.24, 2.45) is 10.9 Å². The molecule has 1 aromatic rings. The van der Waals surface area contributed by atoms with Gasteiger partial charge in [0.1, 0.15) is 5.75 Å². The molecule has 7 heteroatoms. The molecule has 2 atom stereocenters. The van der Waals surface area contributed by atoms with E-state index in [0.717, 1.165) is 5.56 Å². The van der Waals surface area contributed by atoms with Crippen LogP contribution in [0.5, 0.6) is 5.75 Å². The summed E-state index contributed by atoms with van der Waals surface area (Å²) in [5, 5.41) is 0.467. The highest BCUT2D eigenvalue weighted by atomic mass is 32.2. The lowest BCUT2D eigenvalue weighted by Gasteiger charge is -2.33. The number of hydrogen-bond acceptors (Lipinski definition) is 6. The van der Waals surface area contributed by atoms with Crippen LogP contribution in [-0.2, 0) is 14.3 Å². The number of ether oxygens (including phenoxy) is 2. The van der Waals surface area contributed by atoms with Crippen LogP contribution in [0.1, 0.15) is 45.7 Å². The summed E-state index contributed by atoms with van der Waals surface area (Å²) < 4.78 is 10.8. The second-order valence-corrected chi connectivity index (χ2v) is 8.45. The van der Waals surface area contributed by atoms with Crippen molar-refractivity contribution >= 4 is 28.8 Å². The highest BCUT2D eigenvalue weighted by molar-refractivity contribution is 8.15. The minimum absolute atomic E-state index is 0.0197. The number of thioether (sulfide) groups is 1. The van der Waals surface area contributed by atoms with E-state index in [2.05, 4.69) is 4.99 Å². The van der Waals surface area contributed by atoms with Gasteiger partial charge in [-0.25, -0.2) is 9.79 Å². The first-order valence-corrected chi connectivity index (χ1v) is 10.4. The lowest BCUT2D eigenvalue weighted by molar-refractivity contribution is -0.141. The fourth-order valence-corrected chi connectivity index (χ4v) is 4.41. The zero-order chi connectivity index (χ0) is 20.4. The van der Waals surface area contributed by atoms with Crippen molar-refractivity contribution in [3.8, 4) is 5.75 Å². The quantitative estimate of drug-likeness (QED) is 0.675. The standard InChI is InChI=1S/C21H26N2O4S/c1-6-16-19(24)23-18(14-7-9-15(26-5)10-8-14)17(13(4)22-21(23)28-16)20(25)27-11-12(2)3/h7-10,12,16,18H,6,11H2,1-5H3. The number of rotatable bonds is 6. The van der Waals surface area contributed by atoms with E-state index in [4.69, 9.17) is 9.47 Å². The van der Waals surface area contributed by atoms with Crippen LogP contribution in [0.3, 0.4) is 0 Å². The molecule has 2 aliphatic rings. The van der Waals surface area contributed by atoms with E-state index in [0.29, 0.717) is 35.2 Å². The molecule has 28 heavy (non-hydrogen) atoms. The first-order chi connectivity index (χ1) is 13.4. The third kappa shape index (κ3) is 3.81. The molecule has 2 unspecified atom stereocenters. The van der Waals surface area contributed by atoms with Gasteiger partial charge in [-0.05, 0) is 37.0 Å². The first kappa shape index (κ1) is 20.5. The Balaban J connectivity index is 2.05. The minimum Gasteiger partial charge on any atom is -0.497 e. The molecule has 1 aromatic carbocycles. The molecule has 1 saturated heterocycles.